The van der Waals surface area contributed by atoms with Crippen LogP contribution in [0, 0.1) is 13.8 Å². The predicted molar refractivity (Wildman–Crippen MR) is 127 cm³/mol. The molecule has 1 unspecified atom stereocenters. The summed E-state index contributed by atoms with van der Waals surface area (Å²) < 4.78 is 16.3. The van der Waals surface area contributed by atoms with Crippen molar-refractivity contribution in [2.75, 3.05) is 5.33 Å². The van der Waals surface area contributed by atoms with Gasteiger partial charge in [-0.1, -0.05) is 31.9 Å². The number of carbonyl (C=O) groups excluding carboxylic acids is 2. The summed E-state index contributed by atoms with van der Waals surface area (Å²) in [6, 6.07) is 2.35. The molecule has 1 aromatic carbocycles. The Labute approximate surface area is 198 Å². The fraction of sp³-hybridized carbons (Fsp3) is 0.500. The Morgan fingerprint density at radius 3 is 2.45 bits per heavy atom. The number of fused-ring (bicyclic) bond motifs is 1. The van der Waals surface area contributed by atoms with Crippen LogP contribution in [-0.4, -0.2) is 33.9 Å². The van der Waals surface area contributed by atoms with Gasteiger partial charge in [-0.25, -0.2) is 14.4 Å². The number of halogens is 2. The average Bonchev–Trinajstić information content (AvgIpc) is 2.63. The second kappa shape index (κ2) is 10.2. The smallest absolute Gasteiger partial charge is 0.408 e. The van der Waals surface area contributed by atoms with Crippen molar-refractivity contribution in [3.8, 4) is 5.75 Å². The highest BCUT2D eigenvalue weighted by atomic mass is 79.9. The van der Waals surface area contributed by atoms with Gasteiger partial charge in [0.2, 0.25) is 0 Å². The Morgan fingerprint density at radius 2 is 1.87 bits per heavy atom. The minimum absolute atomic E-state index is 0.0927. The third-order valence-electron chi connectivity index (χ3n) is 4.40. The summed E-state index contributed by atoms with van der Waals surface area (Å²) in [6.07, 6.45) is -0.147. The molecule has 2 aromatic rings. The summed E-state index contributed by atoms with van der Waals surface area (Å²) in [7, 11) is 0. The van der Waals surface area contributed by atoms with Crippen LogP contribution in [0.5, 0.6) is 5.75 Å². The molecule has 0 radical (unpaired) electrons. The first-order chi connectivity index (χ1) is 14.3. The first-order valence-corrected chi connectivity index (χ1v) is 11.8. The number of nitrogens with one attached hydrogen (secondary N) is 1. The number of hydrogen-bond acceptors (Lipinski definition) is 6. The van der Waals surface area contributed by atoms with Gasteiger partial charge in [0, 0.05) is 27.2 Å². The molecule has 0 saturated carbocycles. The minimum atomic E-state index is -0.946. The number of alkyl carbamates (subject to hydrolysis) is 1. The molecule has 31 heavy (non-hydrogen) atoms. The van der Waals surface area contributed by atoms with E-state index in [0.717, 1.165) is 16.5 Å². The van der Waals surface area contributed by atoms with Crippen molar-refractivity contribution in [2.24, 2.45) is 0 Å². The van der Waals surface area contributed by atoms with Crippen molar-refractivity contribution in [1.82, 2.24) is 5.32 Å². The molecule has 0 bridgehead atoms. The topological polar surface area (TPSA) is 94.8 Å². The summed E-state index contributed by atoms with van der Waals surface area (Å²) in [5.41, 5.74) is 1.30. The highest BCUT2D eigenvalue weighted by molar-refractivity contribution is 9.12. The van der Waals surface area contributed by atoms with Crippen LogP contribution in [0.2, 0.25) is 0 Å². The van der Waals surface area contributed by atoms with E-state index in [2.05, 4.69) is 37.2 Å². The molecule has 0 aliphatic rings. The maximum atomic E-state index is 12.7. The van der Waals surface area contributed by atoms with E-state index in [0.29, 0.717) is 28.6 Å². The molecular weight excluding hydrogens is 534 g/mol. The molecule has 2 rings (SSSR count). The van der Waals surface area contributed by atoms with Crippen molar-refractivity contribution < 1.29 is 23.5 Å². The van der Waals surface area contributed by atoms with Crippen LogP contribution in [0.1, 0.15) is 44.4 Å². The largest absolute Gasteiger partial charge is 0.444 e. The zero-order valence-electron chi connectivity index (χ0n) is 18.4. The molecule has 1 aromatic heterocycles. The number of hydrogen-bond donors (Lipinski definition) is 1. The van der Waals surface area contributed by atoms with E-state index < -0.39 is 29.3 Å². The maximum absolute atomic E-state index is 12.7. The number of esters is 1. The monoisotopic (exact) mass is 559 g/mol. The molecule has 0 spiro atoms. The third-order valence-corrected chi connectivity index (χ3v) is 6.69. The lowest BCUT2D eigenvalue weighted by Gasteiger charge is -2.22. The average molecular weight is 561 g/mol. The van der Waals surface area contributed by atoms with Crippen LogP contribution in [0.15, 0.2) is 21.3 Å². The number of rotatable bonds is 6. The highest BCUT2D eigenvalue weighted by Crippen LogP contribution is 2.34. The van der Waals surface area contributed by atoms with Crippen LogP contribution in [-0.2, 0) is 16.0 Å². The summed E-state index contributed by atoms with van der Waals surface area (Å²) in [5.74, 6) is -0.344. The van der Waals surface area contributed by atoms with Gasteiger partial charge in [0.25, 0.3) is 0 Å². The molecule has 1 amide bonds. The summed E-state index contributed by atoms with van der Waals surface area (Å²) in [5, 5.41) is 3.95. The van der Waals surface area contributed by atoms with Gasteiger partial charge in [0.15, 0.2) is 0 Å². The summed E-state index contributed by atoms with van der Waals surface area (Å²) >= 11 is 7.03. The molecule has 0 aliphatic heterocycles. The lowest BCUT2D eigenvalue weighted by molar-refractivity contribution is -0.136. The van der Waals surface area contributed by atoms with Crippen molar-refractivity contribution >= 4 is 54.9 Å². The predicted octanol–water partition coefficient (Wildman–Crippen LogP) is 4.93. The van der Waals surface area contributed by atoms with E-state index in [9.17, 15) is 14.4 Å². The van der Waals surface area contributed by atoms with Gasteiger partial charge < -0.3 is 19.2 Å². The molecule has 0 fully saturated rings. The molecule has 1 heterocycles. The first kappa shape index (κ1) is 25.4. The zero-order valence-corrected chi connectivity index (χ0v) is 21.6. The normalized spacial score (nSPS) is 13.5. The number of benzene rings is 1. The van der Waals surface area contributed by atoms with Crippen molar-refractivity contribution in [1.29, 1.82) is 0 Å². The van der Waals surface area contributed by atoms with Gasteiger partial charge in [-0.05, 0) is 65.2 Å². The van der Waals surface area contributed by atoms with Crippen LogP contribution in [0.3, 0.4) is 0 Å². The summed E-state index contributed by atoms with van der Waals surface area (Å²) in [4.78, 5) is 36.7. The van der Waals surface area contributed by atoms with Crippen LogP contribution in [0.4, 0.5) is 4.79 Å². The molecule has 170 valence electrons. The van der Waals surface area contributed by atoms with E-state index in [1.54, 1.807) is 27.7 Å². The quantitative estimate of drug-likeness (QED) is 0.233. The fourth-order valence-electron chi connectivity index (χ4n) is 2.98. The van der Waals surface area contributed by atoms with Gasteiger partial charge in [-0.15, -0.1) is 0 Å². The third kappa shape index (κ3) is 6.80. The molecule has 0 aliphatic carbocycles. The fourth-order valence-corrected chi connectivity index (χ4v) is 3.56. The van der Waals surface area contributed by atoms with Crippen molar-refractivity contribution in [2.45, 2.75) is 64.4 Å². The van der Waals surface area contributed by atoms with E-state index in [1.165, 1.54) is 13.0 Å². The molecule has 9 heteroatoms. The number of aryl methyl sites for hydroxylation is 2. The standard InChI is InChI=1S/C22H27Br2NO6/c1-11-7-17(26)29-19-12(2)18(14(9-16(11)19)8-15(24)10-23)30-20(27)13(3)25-21(28)31-22(4,5)6/h7,9,13,15H,8,10H2,1-6H3,(H,25,28)/t13-,15?/m1/s1. The number of carbonyl (C=O) groups is 2. The molecule has 1 N–H and O–H groups in total. The zero-order chi connectivity index (χ0) is 23.5. The second-order valence-corrected chi connectivity index (χ2v) is 10.3. The first-order valence-electron chi connectivity index (χ1n) is 9.80. The minimum Gasteiger partial charge on any atom is -0.444 e. The van der Waals surface area contributed by atoms with E-state index >= 15 is 0 Å². The summed E-state index contributed by atoms with van der Waals surface area (Å²) in [6.45, 7) is 10.3. The number of alkyl halides is 2. The van der Waals surface area contributed by atoms with Crippen LogP contribution < -0.4 is 15.7 Å². The lowest BCUT2D eigenvalue weighted by atomic mass is 9.99. The van der Waals surface area contributed by atoms with Gasteiger partial charge >= 0.3 is 17.7 Å². The van der Waals surface area contributed by atoms with Crippen LogP contribution in [0.25, 0.3) is 11.0 Å². The van der Waals surface area contributed by atoms with Gasteiger partial charge in [0.05, 0.1) is 0 Å². The Kier molecular flexibility index (Phi) is 8.33. The Bertz CT molecular complexity index is 1040. The lowest BCUT2D eigenvalue weighted by Crippen LogP contribution is -2.43. The van der Waals surface area contributed by atoms with E-state index in [1.807, 2.05) is 13.0 Å². The number of amides is 1. The SMILES string of the molecule is Cc1cc(=O)oc2c(C)c(OC(=O)[C@@H](C)NC(=O)OC(C)(C)C)c(CC(Br)CBr)cc12. The van der Waals surface area contributed by atoms with E-state index in [-0.39, 0.29) is 4.83 Å². The molecule has 0 saturated heterocycles. The Balaban J connectivity index is 2.41. The molecule has 7 nitrogen and oxygen atoms in total. The van der Waals surface area contributed by atoms with Crippen molar-refractivity contribution in [3.63, 3.8) is 0 Å². The van der Waals surface area contributed by atoms with E-state index in [4.69, 9.17) is 13.9 Å². The second-order valence-electron chi connectivity index (χ2n) is 8.36. The maximum Gasteiger partial charge on any atom is 0.408 e. The number of ether oxygens (including phenoxy) is 2. The molecular formula is C22H27Br2NO6. The van der Waals surface area contributed by atoms with Crippen molar-refractivity contribution in [3.05, 3.63) is 39.2 Å². The van der Waals surface area contributed by atoms with Gasteiger partial charge in [-0.3, -0.25) is 0 Å². The Morgan fingerprint density at radius 1 is 1.23 bits per heavy atom. The van der Waals surface area contributed by atoms with Gasteiger partial charge in [-0.2, -0.15) is 0 Å². The van der Waals surface area contributed by atoms with Crippen LogP contribution >= 0.6 is 31.9 Å². The Hall–Kier alpha value is -1.87. The highest BCUT2D eigenvalue weighted by Gasteiger charge is 2.25. The van der Waals surface area contributed by atoms with Gasteiger partial charge in [0.1, 0.15) is 23.0 Å². The molecule has 2 atom stereocenters.